The van der Waals surface area contributed by atoms with E-state index in [0.29, 0.717) is 18.6 Å². The minimum absolute atomic E-state index is 0.330. The first-order valence-corrected chi connectivity index (χ1v) is 9.28. The number of methoxy groups -OCH3 is 1. The van der Waals surface area contributed by atoms with Gasteiger partial charge >= 0.3 is 0 Å². The third-order valence-electron chi connectivity index (χ3n) is 4.34. The molecule has 9 heteroatoms. The fourth-order valence-electron chi connectivity index (χ4n) is 3.11. The van der Waals surface area contributed by atoms with Crippen molar-refractivity contribution >= 4 is 21.6 Å². The Morgan fingerprint density at radius 3 is 2.69 bits per heavy atom. The third kappa shape index (κ3) is 3.25. The average Bonchev–Trinajstić information content (AvgIpc) is 3.05. The zero-order chi connectivity index (χ0) is 18.9. The highest BCUT2D eigenvalue weighted by molar-refractivity contribution is 7.90. The van der Waals surface area contributed by atoms with Gasteiger partial charge in [-0.1, -0.05) is 18.2 Å². The number of carbonyl (C=O) groups excluding carboxylic acids is 1. The van der Waals surface area contributed by atoms with Crippen LogP contribution in [-0.4, -0.2) is 26.4 Å². The molecule has 26 heavy (non-hydrogen) atoms. The van der Waals surface area contributed by atoms with Crippen molar-refractivity contribution in [3.8, 4) is 5.75 Å². The first-order valence-electron chi connectivity index (χ1n) is 7.80. The zero-order valence-corrected chi connectivity index (χ0v) is 14.7. The Balaban J connectivity index is 1.85. The monoisotopic (exact) mass is 376 g/mol. The minimum Gasteiger partial charge on any atom is -0.496 e. The Hall–Kier alpha value is -2.94. The fourth-order valence-corrected chi connectivity index (χ4v) is 4.17. The number of amides is 1. The van der Waals surface area contributed by atoms with E-state index in [9.17, 15) is 23.3 Å². The van der Waals surface area contributed by atoms with Crippen molar-refractivity contribution in [3.05, 3.63) is 63.7 Å². The van der Waals surface area contributed by atoms with Crippen LogP contribution in [0, 0.1) is 10.1 Å². The molecule has 0 bridgehead atoms. The summed E-state index contributed by atoms with van der Waals surface area (Å²) in [5.41, 5.74) is 1.26. The summed E-state index contributed by atoms with van der Waals surface area (Å²) in [6.45, 7) is 0. The summed E-state index contributed by atoms with van der Waals surface area (Å²) in [6.07, 6.45) is 1.07. The molecule has 0 spiro atoms. The van der Waals surface area contributed by atoms with Gasteiger partial charge in [-0.15, -0.1) is 0 Å². The molecule has 0 radical (unpaired) electrons. The molecule has 2 aromatic carbocycles. The van der Waals surface area contributed by atoms with Crippen LogP contribution in [-0.2, 0) is 21.2 Å². The molecule has 1 aliphatic carbocycles. The molecule has 3 rings (SSSR count). The SMILES string of the molecule is COc1cccc2c1CCC2C(=O)NS(=O)(=O)c1cccc([N+](=O)[O-])c1. The Morgan fingerprint density at radius 2 is 2.00 bits per heavy atom. The van der Waals surface area contributed by atoms with E-state index in [4.69, 9.17) is 4.74 Å². The van der Waals surface area contributed by atoms with Crippen LogP contribution in [0.15, 0.2) is 47.4 Å². The second-order valence-corrected chi connectivity index (χ2v) is 7.53. The van der Waals surface area contributed by atoms with E-state index in [1.807, 2.05) is 4.72 Å². The largest absolute Gasteiger partial charge is 0.496 e. The molecular weight excluding hydrogens is 360 g/mol. The standard InChI is InChI=1S/C17H16N2O6S/c1-25-16-7-3-6-13-14(16)8-9-15(13)17(20)18-26(23,24)12-5-2-4-11(10-12)19(21)22/h2-7,10,15H,8-9H2,1H3,(H,18,20). The maximum absolute atomic E-state index is 12.6. The van der Waals surface area contributed by atoms with E-state index in [0.717, 1.165) is 17.2 Å². The number of ether oxygens (including phenoxy) is 1. The van der Waals surface area contributed by atoms with Crippen molar-refractivity contribution in [1.82, 2.24) is 4.72 Å². The average molecular weight is 376 g/mol. The van der Waals surface area contributed by atoms with Crippen LogP contribution in [0.1, 0.15) is 23.5 Å². The molecule has 136 valence electrons. The summed E-state index contributed by atoms with van der Waals surface area (Å²) in [6, 6.07) is 9.87. The number of hydrogen-bond acceptors (Lipinski definition) is 6. The molecule has 0 aromatic heterocycles. The number of carbonyl (C=O) groups is 1. The summed E-state index contributed by atoms with van der Waals surface area (Å²) < 4.78 is 32.2. The van der Waals surface area contributed by atoms with Crippen molar-refractivity contribution in [3.63, 3.8) is 0 Å². The molecule has 1 N–H and O–H groups in total. The van der Waals surface area contributed by atoms with Crippen molar-refractivity contribution in [2.24, 2.45) is 0 Å². The Kier molecular flexibility index (Phi) is 4.64. The summed E-state index contributed by atoms with van der Waals surface area (Å²) in [7, 11) is -2.67. The predicted octanol–water partition coefficient (Wildman–Crippen LogP) is 2.14. The number of sulfonamides is 1. The van der Waals surface area contributed by atoms with Gasteiger partial charge in [0.25, 0.3) is 15.7 Å². The van der Waals surface area contributed by atoms with Gasteiger partial charge in [0.15, 0.2) is 0 Å². The lowest BCUT2D eigenvalue weighted by Crippen LogP contribution is -2.34. The molecule has 1 atom stereocenters. The van der Waals surface area contributed by atoms with Crippen molar-refractivity contribution in [2.45, 2.75) is 23.7 Å². The Morgan fingerprint density at radius 1 is 1.27 bits per heavy atom. The third-order valence-corrected chi connectivity index (χ3v) is 5.68. The number of nitrogens with one attached hydrogen (secondary N) is 1. The smallest absolute Gasteiger partial charge is 0.270 e. The molecule has 0 aliphatic heterocycles. The maximum atomic E-state index is 12.6. The number of nitro groups is 1. The summed E-state index contributed by atoms with van der Waals surface area (Å²) in [5.74, 6) is -0.614. The second kappa shape index (κ2) is 6.75. The quantitative estimate of drug-likeness (QED) is 0.631. The fraction of sp³-hybridized carbons (Fsp3) is 0.235. The molecule has 1 unspecified atom stereocenters. The highest BCUT2D eigenvalue weighted by Crippen LogP contribution is 2.38. The van der Waals surface area contributed by atoms with Crippen LogP contribution in [0.3, 0.4) is 0 Å². The van der Waals surface area contributed by atoms with E-state index in [1.54, 1.807) is 18.2 Å². The van der Waals surface area contributed by atoms with E-state index in [2.05, 4.69) is 0 Å². The Bertz CT molecular complexity index is 986. The number of hydrogen-bond donors (Lipinski definition) is 1. The summed E-state index contributed by atoms with van der Waals surface area (Å²) in [4.78, 5) is 22.3. The van der Waals surface area contributed by atoms with Crippen LogP contribution >= 0.6 is 0 Å². The first-order chi connectivity index (χ1) is 12.3. The lowest BCUT2D eigenvalue weighted by Gasteiger charge is -2.13. The molecule has 1 aliphatic rings. The van der Waals surface area contributed by atoms with E-state index in [1.165, 1.54) is 25.3 Å². The summed E-state index contributed by atoms with van der Waals surface area (Å²) in [5, 5.41) is 10.8. The van der Waals surface area contributed by atoms with Crippen LogP contribution in [0.2, 0.25) is 0 Å². The topological polar surface area (TPSA) is 116 Å². The Labute approximate surface area is 150 Å². The number of non-ortho nitro benzene ring substituents is 1. The van der Waals surface area contributed by atoms with E-state index < -0.39 is 26.8 Å². The van der Waals surface area contributed by atoms with Crippen LogP contribution < -0.4 is 9.46 Å². The van der Waals surface area contributed by atoms with Gasteiger partial charge in [0, 0.05) is 12.1 Å². The molecule has 2 aromatic rings. The number of fused-ring (bicyclic) bond motifs is 1. The van der Waals surface area contributed by atoms with Crippen molar-refractivity contribution in [2.75, 3.05) is 7.11 Å². The van der Waals surface area contributed by atoms with Gasteiger partial charge in [-0.3, -0.25) is 14.9 Å². The predicted molar refractivity (Wildman–Crippen MR) is 92.5 cm³/mol. The molecule has 0 fully saturated rings. The number of rotatable bonds is 5. The van der Waals surface area contributed by atoms with Crippen molar-refractivity contribution in [1.29, 1.82) is 0 Å². The van der Waals surface area contributed by atoms with Crippen molar-refractivity contribution < 1.29 is 22.9 Å². The van der Waals surface area contributed by atoms with Crippen LogP contribution in [0.4, 0.5) is 5.69 Å². The number of nitrogens with zero attached hydrogens (tertiary/aromatic N) is 1. The number of benzene rings is 2. The number of nitro benzene ring substituents is 1. The maximum Gasteiger partial charge on any atom is 0.270 e. The molecule has 0 saturated heterocycles. The van der Waals surface area contributed by atoms with Crippen LogP contribution in [0.5, 0.6) is 5.75 Å². The normalized spacial score (nSPS) is 16.0. The molecular formula is C17H16N2O6S. The minimum atomic E-state index is -4.21. The van der Waals surface area contributed by atoms with Gasteiger partial charge in [-0.25, -0.2) is 13.1 Å². The van der Waals surface area contributed by atoms with Gasteiger partial charge < -0.3 is 4.74 Å². The zero-order valence-electron chi connectivity index (χ0n) is 13.8. The molecule has 1 amide bonds. The highest BCUT2D eigenvalue weighted by atomic mass is 32.2. The summed E-state index contributed by atoms with van der Waals surface area (Å²) >= 11 is 0. The van der Waals surface area contributed by atoms with Gasteiger partial charge in [0.1, 0.15) is 5.75 Å². The first kappa shape index (κ1) is 17.9. The molecule has 8 nitrogen and oxygen atoms in total. The van der Waals surface area contributed by atoms with Gasteiger partial charge in [0.05, 0.1) is 22.8 Å². The van der Waals surface area contributed by atoms with Gasteiger partial charge in [0.2, 0.25) is 5.91 Å². The van der Waals surface area contributed by atoms with E-state index in [-0.39, 0.29) is 10.6 Å². The lowest BCUT2D eigenvalue weighted by molar-refractivity contribution is -0.385. The second-order valence-electron chi connectivity index (χ2n) is 5.84. The van der Waals surface area contributed by atoms with Gasteiger partial charge in [-0.05, 0) is 36.1 Å². The lowest BCUT2D eigenvalue weighted by atomic mass is 10.0. The van der Waals surface area contributed by atoms with Gasteiger partial charge in [-0.2, -0.15) is 0 Å². The highest BCUT2D eigenvalue weighted by Gasteiger charge is 2.33. The molecule has 0 saturated carbocycles. The molecule has 0 heterocycles. The van der Waals surface area contributed by atoms with Crippen LogP contribution in [0.25, 0.3) is 0 Å². The van der Waals surface area contributed by atoms with E-state index >= 15 is 0 Å².